The predicted octanol–water partition coefficient (Wildman–Crippen LogP) is 4.76. The van der Waals surface area contributed by atoms with E-state index in [9.17, 15) is 18.4 Å². The summed E-state index contributed by atoms with van der Waals surface area (Å²) >= 11 is 8.71. The molecule has 0 spiro atoms. The minimum atomic E-state index is -4.68. The summed E-state index contributed by atoms with van der Waals surface area (Å²) in [7, 11) is 0. The van der Waals surface area contributed by atoms with Crippen LogP contribution in [0.3, 0.4) is 0 Å². The number of nitrogens with zero attached hydrogens (tertiary/aromatic N) is 2. The molecular weight excluding hydrogens is 397 g/mol. The fourth-order valence-corrected chi connectivity index (χ4v) is 3.15. The van der Waals surface area contributed by atoms with E-state index >= 15 is 0 Å². The summed E-state index contributed by atoms with van der Waals surface area (Å²) in [6, 6.07) is 7.99. The largest absolute Gasteiger partial charge is 0.434 e. The summed E-state index contributed by atoms with van der Waals surface area (Å²) in [5.41, 5.74) is -2.40. The molecular formula is C15H11BrClF3N2O. The highest BCUT2D eigenvalue weighted by molar-refractivity contribution is 9.12. The number of hydrogen-bond acceptors (Lipinski definition) is 3. The lowest BCUT2D eigenvalue weighted by molar-refractivity contribution is -0.0581. The Hall–Kier alpha value is -1.36. The van der Waals surface area contributed by atoms with Crippen LogP contribution in [0.2, 0.25) is 5.02 Å². The molecule has 1 aliphatic heterocycles. The maximum atomic E-state index is 13.2. The van der Waals surface area contributed by atoms with Gasteiger partial charge in [-0.15, -0.1) is 0 Å². The van der Waals surface area contributed by atoms with Crippen molar-refractivity contribution in [2.75, 3.05) is 13.2 Å². The van der Waals surface area contributed by atoms with Gasteiger partial charge in [-0.2, -0.15) is 18.4 Å². The first kappa shape index (κ1) is 18.0. The van der Waals surface area contributed by atoms with Crippen molar-refractivity contribution in [3.05, 3.63) is 44.9 Å². The van der Waals surface area contributed by atoms with Gasteiger partial charge in [0.25, 0.3) is 0 Å². The van der Waals surface area contributed by atoms with Crippen LogP contribution in [0, 0.1) is 11.3 Å². The van der Waals surface area contributed by atoms with Crippen LogP contribution >= 0.6 is 27.5 Å². The maximum absolute atomic E-state index is 13.2. The van der Waals surface area contributed by atoms with E-state index in [2.05, 4.69) is 20.9 Å². The van der Waals surface area contributed by atoms with Gasteiger partial charge in [0.2, 0.25) is 0 Å². The standard InChI is InChI=1S/C15H11BrClF3N2O/c1-2-23-8-14(9-3-5-10(17)6-4-9)11(7-21)12(16)13(22-14)15(18,19)20/h3-6H,2,8H2,1H3. The second-order valence-electron chi connectivity index (χ2n) is 4.76. The van der Waals surface area contributed by atoms with Crippen LogP contribution in [-0.4, -0.2) is 25.1 Å². The summed E-state index contributed by atoms with van der Waals surface area (Å²) in [6.07, 6.45) is -4.68. The number of nitriles is 1. The lowest BCUT2D eigenvalue weighted by Gasteiger charge is -2.27. The molecule has 3 nitrogen and oxygen atoms in total. The Morgan fingerprint density at radius 3 is 2.43 bits per heavy atom. The third kappa shape index (κ3) is 3.30. The predicted molar refractivity (Wildman–Crippen MR) is 84.7 cm³/mol. The van der Waals surface area contributed by atoms with Crippen molar-refractivity contribution in [2.45, 2.75) is 18.6 Å². The normalized spacial score (nSPS) is 21.3. The quantitative estimate of drug-likeness (QED) is 0.722. The molecule has 2 rings (SSSR count). The van der Waals surface area contributed by atoms with Crippen molar-refractivity contribution in [1.29, 1.82) is 5.26 Å². The van der Waals surface area contributed by atoms with Gasteiger partial charge in [-0.3, -0.25) is 4.99 Å². The van der Waals surface area contributed by atoms with E-state index in [0.29, 0.717) is 10.6 Å². The van der Waals surface area contributed by atoms with Gasteiger partial charge in [-0.05, 0) is 40.5 Å². The molecule has 0 N–H and O–H groups in total. The van der Waals surface area contributed by atoms with Gasteiger partial charge in [-0.25, -0.2) is 0 Å². The number of hydrogen-bond donors (Lipinski definition) is 0. The second-order valence-corrected chi connectivity index (χ2v) is 5.99. The van der Waals surface area contributed by atoms with E-state index in [1.807, 2.05) is 6.07 Å². The number of allylic oxidation sites excluding steroid dienone is 1. The number of ether oxygens (including phenoxy) is 1. The van der Waals surface area contributed by atoms with Crippen LogP contribution in [-0.2, 0) is 10.3 Å². The lowest BCUT2D eigenvalue weighted by Crippen LogP contribution is -2.31. The molecule has 1 unspecified atom stereocenters. The smallest absolute Gasteiger partial charge is 0.378 e. The van der Waals surface area contributed by atoms with Crippen molar-refractivity contribution in [3.63, 3.8) is 0 Å². The minimum absolute atomic E-state index is 0.138. The molecule has 1 atom stereocenters. The van der Waals surface area contributed by atoms with Crippen molar-refractivity contribution in [3.8, 4) is 6.07 Å². The highest BCUT2D eigenvalue weighted by atomic mass is 79.9. The number of alkyl halides is 3. The van der Waals surface area contributed by atoms with Crippen LogP contribution < -0.4 is 0 Å². The summed E-state index contributed by atoms with van der Waals surface area (Å²) in [6.45, 7) is 1.81. The van der Waals surface area contributed by atoms with Crippen LogP contribution in [0.4, 0.5) is 13.2 Å². The minimum Gasteiger partial charge on any atom is -0.378 e. The van der Waals surface area contributed by atoms with E-state index in [1.165, 1.54) is 12.1 Å². The van der Waals surface area contributed by atoms with Gasteiger partial charge in [0.15, 0.2) is 5.71 Å². The Morgan fingerprint density at radius 2 is 1.96 bits per heavy atom. The Kier molecular flexibility index (Phi) is 5.19. The molecule has 1 aromatic rings. The van der Waals surface area contributed by atoms with E-state index in [4.69, 9.17) is 16.3 Å². The molecule has 23 heavy (non-hydrogen) atoms. The fourth-order valence-electron chi connectivity index (χ4n) is 2.30. The van der Waals surface area contributed by atoms with Crippen LogP contribution in [0.5, 0.6) is 0 Å². The molecule has 8 heteroatoms. The third-order valence-electron chi connectivity index (χ3n) is 3.36. The third-order valence-corrected chi connectivity index (χ3v) is 4.38. The van der Waals surface area contributed by atoms with Crippen molar-refractivity contribution in [2.24, 2.45) is 4.99 Å². The number of rotatable bonds is 4. The molecule has 0 amide bonds. The molecule has 0 bridgehead atoms. The van der Waals surface area contributed by atoms with Crippen molar-refractivity contribution in [1.82, 2.24) is 0 Å². The highest BCUT2D eigenvalue weighted by Crippen LogP contribution is 2.46. The van der Waals surface area contributed by atoms with Crippen LogP contribution in [0.15, 0.2) is 39.3 Å². The van der Waals surface area contributed by atoms with Gasteiger partial charge >= 0.3 is 6.18 Å². The van der Waals surface area contributed by atoms with E-state index in [0.717, 1.165) is 0 Å². The number of aliphatic imine (C=N–C) groups is 1. The molecule has 0 fully saturated rings. The van der Waals surface area contributed by atoms with Crippen molar-refractivity contribution < 1.29 is 17.9 Å². The van der Waals surface area contributed by atoms with Crippen LogP contribution in [0.25, 0.3) is 0 Å². The average Bonchev–Trinajstić information content (AvgIpc) is 2.79. The Balaban J connectivity index is 2.69. The maximum Gasteiger partial charge on any atom is 0.434 e. The van der Waals surface area contributed by atoms with Gasteiger partial charge in [-0.1, -0.05) is 23.7 Å². The lowest BCUT2D eigenvalue weighted by atomic mass is 9.85. The molecule has 122 valence electrons. The van der Waals surface area contributed by atoms with Gasteiger partial charge < -0.3 is 4.74 Å². The molecule has 0 radical (unpaired) electrons. The van der Waals surface area contributed by atoms with Crippen molar-refractivity contribution >= 4 is 33.2 Å². The zero-order chi connectivity index (χ0) is 17.3. The SMILES string of the molecule is CCOCC1(c2ccc(Cl)cc2)N=C(C(F)(F)F)C(Br)=C1C#N. The molecule has 1 aromatic carbocycles. The highest BCUT2D eigenvalue weighted by Gasteiger charge is 2.51. The summed E-state index contributed by atoms with van der Waals surface area (Å²) in [4.78, 5) is 3.84. The first-order valence-electron chi connectivity index (χ1n) is 6.58. The second kappa shape index (κ2) is 6.63. The molecule has 0 aromatic heterocycles. The number of benzene rings is 1. The number of halogens is 5. The Morgan fingerprint density at radius 1 is 1.35 bits per heavy atom. The topological polar surface area (TPSA) is 45.4 Å². The average molecular weight is 408 g/mol. The zero-order valence-electron chi connectivity index (χ0n) is 11.9. The summed E-state index contributed by atoms with van der Waals surface area (Å²) < 4.78 is 44.6. The fraction of sp³-hybridized carbons (Fsp3) is 0.333. The molecule has 0 saturated heterocycles. The van der Waals surface area contributed by atoms with E-state index in [-0.39, 0.29) is 23.3 Å². The molecule has 1 aliphatic rings. The summed E-state index contributed by atoms with van der Waals surface area (Å²) in [5, 5.41) is 9.84. The Bertz CT molecular complexity index is 707. The molecule has 1 heterocycles. The molecule has 0 saturated carbocycles. The first-order valence-corrected chi connectivity index (χ1v) is 7.75. The van der Waals surface area contributed by atoms with E-state index < -0.39 is 17.4 Å². The van der Waals surface area contributed by atoms with Gasteiger partial charge in [0.1, 0.15) is 5.54 Å². The molecule has 0 aliphatic carbocycles. The monoisotopic (exact) mass is 406 g/mol. The van der Waals surface area contributed by atoms with Gasteiger partial charge in [0.05, 0.1) is 22.7 Å². The summed E-state index contributed by atoms with van der Waals surface area (Å²) in [5.74, 6) is 0. The van der Waals surface area contributed by atoms with Gasteiger partial charge in [0, 0.05) is 11.6 Å². The van der Waals surface area contributed by atoms with Crippen LogP contribution in [0.1, 0.15) is 12.5 Å². The zero-order valence-corrected chi connectivity index (χ0v) is 14.3. The first-order chi connectivity index (χ1) is 10.8. The Labute approximate surface area is 144 Å². The van der Waals surface area contributed by atoms with E-state index in [1.54, 1.807) is 19.1 Å².